The third kappa shape index (κ3) is 7.97. The number of benzene rings is 3. The van der Waals surface area contributed by atoms with E-state index in [9.17, 15) is 18.0 Å². The third-order valence-electron chi connectivity index (χ3n) is 8.48. The summed E-state index contributed by atoms with van der Waals surface area (Å²) in [6, 6.07) is 16.7. The van der Waals surface area contributed by atoms with Crippen LogP contribution in [0.5, 0.6) is 11.5 Å². The molecule has 0 aromatic heterocycles. The van der Waals surface area contributed by atoms with Crippen molar-refractivity contribution in [2.75, 3.05) is 44.2 Å². The predicted molar refractivity (Wildman–Crippen MR) is 174 cm³/mol. The number of carbonyl (C=O) groups excluding carboxylic acids is 1. The Bertz CT molecular complexity index is 1560. The number of ether oxygens (including phenoxy) is 2. The number of halogens is 5. The molecule has 3 aromatic carbocycles. The average molecular weight is 662 g/mol. The summed E-state index contributed by atoms with van der Waals surface area (Å²) >= 11 is 12.3. The molecule has 0 amide bonds. The van der Waals surface area contributed by atoms with E-state index < -0.39 is 22.7 Å². The molecule has 240 valence electrons. The molecule has 1 aliphatic heterocycles. The first-order chi connectivity index (χ1) is 21.3. The highest BCUT2D eigenvalue weighted by Gasteiger charge is 2.35. The third-order valence-corrected chi connectivity index (χ3v) is 9.12. The van der Waals surface area contributed by atoms with E-state index in [2.05, 4.69) is 35.8 Å². The van der Waals surface area contributed by atoms with E-state index >= 15 is 0 Å². The standard InChI is InChI=1S/C35H37Cl2F3N2O3/c1-4-44-33(43)27-13-12-26(20-31(27)45-30-7-5-6-29(32(30)37)35(38,39)40)42-18-16-41(17-19-42)22-24-14-15-34(2,3)21-28(24)23-8-10-25(36)11-9-23/h5-13,20H,4,14-19,21-22H2,1-3H3. The number of carbonyl (C=O) groups is 1. The molecule has 0 unspecified atom stereocenters. The van der Waals surface area contributed by atoms with Crippen LogP contribution < -0.4 is 9.64 Å². The maximum Gasteiger partial charge on any atom is 0.417 e. The maximum absolute atomic E-state index is 13.5. The van der Waals surface area contributed by atoms with Crippen LogP contribution in [0.25, 0.3) is 5.57 Å². The van der Waals surface area contributed by atoms with Crippen LogP contribution in [0.3, 0.4) is 0 Å². The summed E-state index contributed by atoms with van der Waals surface area (Å²) in [7, 11) is 0. The molecule has 10 heteroatoms. The zero-order chi connectivity index (χ0) is 32.4. The van der Waals surface area contributed by atoms with Gasteiger partial charge in [-0.05, 0) is 79.1 Å². The van der Waals surface area contributed by atoms with E-state index in [1.54, 1.807) is 19.1 Å². The van der Waals surface area contributed by atoms with Crippen LogP contribution in [0.15, 0.2) is 66.2 Å². The Morgan fingerprint density at radius 1 is 0.956 bits per heavy atom. The minimum atomic E-state index is -4.65. The van der Waals surface area contributed by atoms with Crippen LogP contribution in [-0.2, 0) is 10.9 Å². The summed E-state index contributed by atoms with van der Waals surface area (Å²) < 4.78 is 51.5. The fourth-order valence-corrected chi connectivity index (χ4v) is 6.39. The first kappa shape index (κ1) is 33.2. The lowest BCUT2D eigenvalue weighted by Gasteiger charge is -2.39. The summed E-state index contributed by atoms with van der Waals surface area (Å²) in [4.78, 5) is 17.4. The molecule has 1 heterocycles. The Labute approximate surface area is 272 Å². The molecule has 5 nitrogen and oxygen atoms in total. The summed E-state index contributed by atoms with van der Waals surface area (Å²) in [6.45, 7) is 10.5. The summed E-state index contributed by atoms with van der Waals surface area (Å²) in [5.41, 5.74) is 4.24. The highest BCUT2D eigenvalue weighted by molar-refractivity contribution is 6.33. The van der Waals surface area contributed by atoms with Crippen LogP contribution in [0.4, 0.5) is 18.9 Å². The second kappa shape index (κ2) is 13.7. The van der Waals surface area contributed by atoms with Crippen LogP contribution in [0, 0.1) is 5.41 Å². The van der Waals surface area contributed by atoms with Gasteiger partial charge in [0.05, 0.1) is 17.2 Å². The first-order valence-corrected chi connectivity index (χ1v) is 15.9. The van der Waals surface area contributed by atoms with Crippen molar-refractivity contribution in [2.24, 2.45) is 5.41 Å². The number of nitrogens with zero attached hydrogens (tertiary/aromatic N) is 2. The number of allylic oxidation sites excluding steroid dienone is 1. The Kier molecular flexibility index (Phi) is 10.1. The molecule has 0 spiro atoms. The van der Waals surface area contributed by atoms with Crippen molar-refractivity contribution in [3.05, 3.63) is 93.0 Å². The van der Waals surface area contributed by atoms with Gasteiger partial charge in [-0.2, -0.15) is 13.2 Å². The molecule has 45 heavy (non-hydrogen) atoms. The van der Waals surface area contributed by atoms with Gasteiger partial charge in [0.1, 0.15) is 17.1 Å². The van der Waals surface area contributed by atoms with Crippen molar-refractivity contribution in [2.45, 2.75) is 46.2 Å². The van der Waals surface area contributed by atoms with Crippen molar-refractivity contribution in [3.8, 4) is 11.5 Å². The molecule has 0 saturated carbocycles. The van der Waals surface area contributed by atoms with Gasteiger partial charge in [0.15, 0.2) is 0 Å². The van der Waals surface area contributed by atoms with Crippen molar-refractivity contribution in [1.29, 1.82) is 0 Å². The molecule has 0 radical (unpaired) electrons. The first-order valence-electron chi connectivity index (χ1n) is 15.1. The van der Waals surface area contributed by atoms with E-state index in [-0.39, 0.29) is 29.1 Å². The van der Waals surface area contributed by atoms with Crippen molar-refractivity contribution in [1.82, 2.24) is 4.90 Å². The van der Waals surface area contributed by atoms with Crippen molar-refractivity contribution >= 4 is 40.4 Å². The van der Waals surface area contributed by atoms with Gasteiger partial charge in [0.2, 0.25) is 0 Å². The topological polar surface area (TPSA) is 42.0 Å². The van der Waals surface area contributed by atoms with Crippen LogP contribution >= 0.6 is 23.2 Å². The number of anilines is 1. The predicted octanol–water partition coefficient (Wildman–Crippen LogP) is 9.77. The molecule has 1 aliphatic carbocycles. The number of hydrogen-bond acceptors (Lipinski definition) is 5. The fourth-order valence-electron chi connectivity index (χ4n) is 5.99. The van der Waals surface area contributed by atoms with Gasteiger partial charge >= 0.3 is 12.1 Å². The minimum absolute atomic E-state index is 0.0807. The van der Waals surface area contributed by atoms with Gasteiger partial charge in [-0.15, -0.1) is 0 Å². The molecular weight excluding hydrogens is 624 g/mol. The van der Waals surface area contributed by atoms with E-state index in [1.165, 1.54) is 28.8 Å². The van der Waals surface area contributed by atoms with Crippen LogP contribution in [0.1, 0.15) is 61.5 Å². The smallest absolute Gasteiger partial charge is 0.417 e. The molecule has 3 aromatic rings. The Hall–Kier alpha value is -3.20. The SMILES string of the molecule is CCOC(=O)c1ccc(N2CCN(CC3=C(c4ccc(Cl)cc4)CC(C)(C)CC3)CC2)cc1Oc1cccc(C(F)(F)F)c1Cl. The number of esters is 1. The number of rotatable bonds is 8. The fraction of sp³-hybridized carbons (Fsp3) is 0.400. The maximum atomic E-state index is 13.5. The van der Waals surface area contributed by atoms with Crippen LogP contribution in [0.2, 0.25) is 10.0 Å². The van der Waals surface area contributed by atoms with Gasteiger partial charge in [0.25, 0.3) is 0 Å². The second-order valence-electron chi connectivity index (χ2n) is 12.3. The molecule has 2 aliphatic rings. The van der Waals surface area contributed by atoms with Crippen LogP contribution in [-0.4, -0.2) is 50.2 Å². The molecule has 1 fully saturated rings. The lowest BCUT2D eigenvalue weighted by molar-refractivity contribution is -0.137. The Morgan fingerprint density at radius 3 is 2.33 bits per heavy atom. The van der Waals surface area contributed by atoms with E-state index in [4.69, 9.17) is 32.7 Å². The number of piperazine rings is 1. The molecule has 0 atom stereocenters. The Morgan fingerprint density at radius 2 is 1.67 bits per heavy atom. The zero-order valence-corrected chi connectivity index (χ0v) is 27.2. The lowest BCUT2D eigenvalue weighted by atomic mass is 9.72. The quantitative estimate of drug-likeness (QED) is 0.225. The lowest BCUT2D eigenvalue weighted by Crippen LogP contribution is -2.47. The van der Waals surface area contributed by atoms with Gasteiger partial charge in [-0.25, -0.2) is 4.79 Å². The summed E-state index contributed by atoms with van der Waals surface area (Å²) in [5, 5.41) is 0.158. The van der Waals surface area contributed by atoms with Crippen molar-refractivity contribution < 1.29 is 27.4 Å². The zero-order valence-electron chi connectivity index (χ0n) is 25.6. The second-order valence-corrected chi connectivity index (χ2v) is 13.1. The molecule has 0 bridgehead atoms. The monoisotopic (exact) mass is 660 g/mol. The van der Waals surface area contributed by atoms with Gasteiger partial charge < -0.3 is 14.4 Å². The highest BCUT2D eigenvalue weighted by atomic mass is 35.5. The van der Waals surface area contributed by atoms with Gasteiger partial charge in [0, 0.05) is 49.5 Å². The summed E-state index contributed by atoms with van der Waals surface area (Å²) in [6.07, 6.45) is -1.43. The molecular formula is C35H37Cl2F3N2O3. The highest BCUT2D eigenvalue weighted by Crippen LogP contribution is 2.44. The molecule has 5 rings (SSSR count). The van der Waals surface area contributed by atoms with Gasteiger partial charge in [-0.1, -0.05) is 60.8 Å². The van der Waals surface area contributed by atoms with Gasteiger partial charge in [-0.3, -0.25) is 4.90 Å². The number of alkyl halides is 3. The molecule has 1 saturated heterocycles. The average Bonchev–Trinajstić information content (AvgIpc) is 2.99. The van der Waals surface area contributed by atoms with E-state index in [0.29, 0.717) is 0 Å². The number of hydrogen-bond donors (Lipinski definition) is 0. The summed E-state index contributed by atoms with van der Waals surface area (Å²) in [5.74, 6) is -0.746. The minimum Gasteiger partial charge on any atom is -0.462 e. The Balaban J connectivity index is 1.34. The van der Waals surface area contributed by atoms with E-state index in [0.717, 1.165) is 68.8 Å². The normalized spacial score (nSPS) is 17.4. The molecule has 0 N–H and O–H groups in total. The van der Waals surface area contributed by atoms with E-state index in [1.807, 2.05) is 18.2 Å². The van der Waals surface area contributed by atoms with Crippen molar-refractivity contribution in [3.63, 3.8) is 0 Å². The largest absolute Gasteiger partial charge is 0.462 e.